The molecule has 0 aliphatic carbocycles. The van der Waals surface area contributed by atoms with Crippen LogP contribution in [0.1, 0.15) is 19.4 Å². The molecule has 6 nitrogen and oxygen atoms in total. The maximum atomic E-state index is 5.53. The largest absolute Gasteiger partial charge is 0.497 e. The Kier molecular flexibility index (Phi) is 7.52. The van der Waals surface area contributed by atoms with E-state index in [-0.39, 0.29) is 0 Å². The van der Waals surface area contributed by atoms with Gasteiger partial charge in [0.2, 0.25) is 0 Å². The van der Waals surface area contributed by atoms with E-state index in [2.05, 4.69) is 53.1 Å². The minimum absolute atomic E-state index is 0.435. The van der Waals surface area contributed by atoms with Crippen molar-refractivity contribution in [3.8, 4) is 5.75 Å². The topological polar surface area (TPSA) is 49.3 Å². The van der Waals surface area contributed by atoms with Crippen LogP contribution in [0.2, 0.25) is 0 Å². The van der Waals surface area contributed by atoms with Gasteiger partial charge in [0, 0.05) is 45.8 Å². The minimum Gasteiger partial charge on any atom is -0.497 e. The van der Waals surface area contributed by atoms with Crippen molar-refractivity contribution in [2.24, 2.45) is 4.99 Å². The molecule has 1 aromatic rings. The van der Waals surface area contributed by atoms with Crippen LogP contribution in [-0.4, -0.2) is 75.4 Å². The summed E-state index contributed by atoms with van der Waals surface area (Å²) in [7, 11) is 5.57. The standard InChI is InChI=1S/C19H32N4O2/c1-15(23-10-11-25-14-16(23)2)12-21-19(20-3)22(4)13-17-6-8-18(24-5)9-7-17/h6-9,15-16H,10-14H2,1-5H3,(H,20,21). The molecule has 0 spiro atoms. The third-order valence-corrected chi connectivity index (χ3v) is 4.69. The van der Waals surface area contributed by atoms with Crippen LogP contribution in [0.4, 0.5) is 0 Å². The second-order valence-electron chi connectivity index (χ2n) is 6.64. The van der Waals surface area contributed by atoms with Crippen LogP contribution in [-0.2, 0) is 11.3 Å². The van der Waals surface area contributed by atoms with E-state index in [9.17, 15) is 0 Å². The minimum atomic E-state index is 0.435. The predicted octanol–water partition coefficient (Wildman–Crippen LogP) is 1.81. The van der Waals surface area contributed by atoms with Gasteiger partial charge in [0.05, 0.1) is 20.3 Å². The average Bonchev–Trinajstić information content (AvgIpc) is 2.63. The fourth-order valence-electron chi connectivity index (χ4n) is 3.22. The van der Waals surface area contributed by atoms with Gasteiger partial charge in [-0.15, -0.1) is 0 Å². The third kappa shape index (κ3) is 5.61. The second-order valence-corrected chi connectivity index (χ2v) is 6.64. The van der Waals surface area contributed by atoms with Gasteiger partial charge in [-0.1, -0.05) is 12.1 Å². The lowest BCUT2D eigenvalue weighted by atomic mass is 10.2. The zero-order valence-corrected chi connectivity index (χ0v) is 16.2. The number of nitrogens with one attached hydrogen (secondary N) is 1. The van der Waals surface area contributed by atoms with E-state index in [1.165, 1.54) is 5.56 Å². The summed E-state index contributed by atoms with van der Waals surface area (Å²) >= 11 is 0. The molecule has 2 unspecified atom stereocenters. The van der Waals surface area contributed by atoms with Crippen LogP contribution in [0, 0.1) is 0 Å². The first-order chi connectivity index (χ1) is 12.0. The summed E-state index contributed by atoms with van der Waals surface area (Å²) in [5.74, 6) is 1.78. The van der Waals surface area contributed by atoms with E-state index in [0.29, 0.717) is 12.1 Å². The molecular formula is C19H32N4O2. The van der Waals surface area contributed by atoms with Crippen LogP contribution >= 0.6 is 0 Å². The van der Waals surface area contributed by atoms with Crippen molar-refractivity contribution < 1.29 is 9.47 Å². The summed E-state index contributed by atoms with van der Waals surface area (Å²) in [5.41, 5.74) is 1.22. The Bertz CT molecular complexity index is 547. The summed E-state index contributed by atoms with van der Waals surface area (Å²) in [6.45, 7) is 8.77. The number of rotatable bonds is 6. The van der Waals surface area contributed by atoms with Gasteiger partial charge in [0.25, 0.3) is 0 Å². The zero-order chi connectivity index (χ0) is 18.2. The molecule has 0 bridgehead atoms. The van der Waals surface area contributed by atoms with Crippen LogP contribution in [0.3, 0.4) is 0 Å². The van der Waals surface area contributed by atoms with Gasteiger partial charge in [0.1, 0.15) is 5.75 Å². The van der Waals surface area contributed by atoms with Crippen LogP contribution in [0.15, 0.2) is 29.3 Å². The Labute approximate surface area is 151 Å². The zero-order valence-electron chi connectivity index (χ0n) is 16.2. The first-order valence-corrected chi connectivity index (χ1v) is 8.93. The Morgan fingerprint density at radius 3 is 2.76 bits per heavy atom. The molecule has 2 rings (SSSR count). The number of morpholine rings is 1. The first kappa shape index (κ1) is 19.5. The van der Waals surface area contributed by atoms with E-state index in [1.54, 1.807) is 7.11 Å². The normalized spacial score (nSPS) is 20.2. The SMILES string of the molecule is CN=C(NCC(C)N1CCOCC1C)N(C)Cc1ccc(OC)cc1. The molecule has 0 radical (unpaired) electrons. The number of aliphatic imine (C=N–C) groups is 1. The highest BCUT2D eigenvalue weighted by Crippen LogP contribution is 2.13. The molecule has 2 atom stereocenters. The number of methoxy groups -OCH3 is 1. The van der Waals surface area contributed by atoms with Crippen molar-refractivity contribution in [3.63, 3.8) is 0 Å². The number of nitrogens with zero attached hydrogens (tertiary/aromatic N) is 3. The van der Waals surface area contributed by atoms with E-state index in [0.717, 1.165) is 44.6 Å². The Hall–Kier alpha value is -1.79. The monoisotopic (exact) mass is 348 g/mol. The van der Waals surface area contributed by atoms with Gasteiger partial charge in [-0.3, -0.25) is 9.89 Å². The summed E-state index contributed by atoms with van der Waals surface area (Å²) in [6.07, 6.45) is 0. The van der Waals surface area contributed by atoms with Crippen LogP contribution < -0.4 is 10.1 Å². The van der Waals surface area contributed by atoms with Crippen molar-refractivity contribution in [3.05, 3.63) is 29.8 Å². The molecule has 6 heteroatoms. The van der Waals surface area contributed by atoms with E-state index in [1.807, 2.05) is 19.2 Å². The van der Waals surface area contributed by atoms with Gasteiger partial charge < -0.3 is 19.7 Å². The number of hydrogen-bond donors (Lipinski definition) is 1. The molecule has 1 aliphatic heterocycles. The highest BCUT2D eigenvalue weighted by Gasteiger charge is 2.23. The average molecular weight is 348 g/mol. The van der Waals surface area contributed by atoms with Gasteiger partial charge >= 0.3 is 0 Å². The predicted molar refractivity (Wildman–Crippen MR) is 102 cm³/mol. The lowest BCUT2D eigenvalue weighted by Crippen LogP contribution is -2.53. The van der Waals surface area contributed by atoms with Crippen molar-refractivity contribution in [2.75, 3.05) is 47.5 Å². The molecule has 1 N–H and O–H groups in total. The van der Waals surface area contributed by atoms with E-state index >= 15 is 0 Å². The van der Waals surface area contributed by atoms with Crippen molar-refractivity contribution in [1.29, 1.82) is 0 Å². The molecule has 1 heterocycles. The highest BCUT2D eigenvalue weighted by atomic mass is 16.5. The Morgan fingerprint density at radius 1 is 1.44 bits per heavy atom. The van der Waals surface area contributed by atoms with Gasteiger partial charge in [-0.25, -0.2) is 0 Å². The third-order valence-electron chi connectivity index (χ3n) is 4.69. The number of guanidine groups is 1. The second kappa shape index (κ2) is 9.63. The molecule has 1 aliphatic rings. The van der Waals surface area contributed by atoms with Gasteiger partial charge in [0.15, 0.2) is 5.96 Å². The molecule has 1 saturated heterocycles. The highest BCUT2D eigenvalue weighted by molar-refractivity contribution is 5.79. The van der Waals surface area contributed by atoms with E-state index < -0.39 is 0 Å². The molecular weight excluding hydrogens is 316 g/mol. The quantitative estimate of drug-likeness (QED) is 0.628. The fourth-order valence-corrected chi connectivity index (χ4v) is 3.22. The molecule has 140 valence electrons. The van der Waals surface area contributed by atoms with Crippen molar-refractivity contribution in [1.82, 2.24) is 15.1 Å². The Morgan fingerprint density at radius 2 is 2.16 bits per heavy atom. The van der Waals surface area contributed by atoms with Crippen LogP contribution in [0.5, 0.6) is 5.75 Å². The van der Waals surface area contributed by atoms with E-state index in [4.69, 9.17) is 9.47 Å². The maximum Gasteiger partial charge on any atom is 0.193 e. The number of ether oxygens (including phenoxy) is 2. The summed E-state index contributed by atoms with van der Waals surface area (Å²) in [6, 6.07) is 9.04. The lowest BCUT2D eigenvalue weighted by molar-refractivity contribution is -0.0175. The number of benzene rings is 1. The fraction of sp³-hybridized carbons (Fsp3) is 0.632. The van der Waals surface area contributed by atoms with Gasteiger partial charge in [-0.05, 0) is 31.5 Å². The summed E-state index contributed by atoms with van der Waals surface area (Å²) in [5, 5.41) is 3.50. The maximum absolute atomic E-state index is 5.53. The molecule has 0 saturated carbocycles. The number of hydrogen-bond acceptors (Lipinski definition) is 4. The van der Waals surface area contributed by atoms with Crippen molar-refractivity contribution in [2.45, 2.75) is 32.5 Å². The summed E-state index contributed by atoms with van der Waals surface area (Å²) < 4.78 is 10.7. The Balaban J connectivity index is 1.85. The molecule has 0 amide bonds. The molecule has 25 heavy (non-hydrogen) atoms. The molecule has 1 fully saturated rings. The summed E-state index contributed by atoms with van der Waals surface area (Å²) in [4.78, 5) is 9.05. The van der Waals surface area contributed by atoms with Crippen LogP contribution in [0.25, 0.3) is 0 Å². The molecule has 0 aromatic heterocycles. The lowest BCUT2D eigenvalue weighted by Gasteiger charge is -2.38. The van der Waals surface area contributed by atoms with Crippen molar-refractivity contribution >= 4 is 5.96 Å². The smallest absolute Gasteiger partial charge is 0.193 e. The first-order valence-electron chi connectivity index (χ1n) is 8.93. The van der Waals surface area contributed by atoms with Gasteiger partial charge in [-0.2, -0.15) is 0 Å². The molecule has 1 aromatic carbocycles.